The average molecular weight is 238 g/mol. The number of hydrogen-bond acceptors (Lipinski definition) is 5. The van der Waals surface area contributed by atoms with Gasteiger partial charge in [0.15, 0.2) is 0 Å². The van der Waals surface area contributed by atoms with Crippen molar-refractivity contribution in [1.29, 1.82) is 0 Å². The summed E-state index contributed by atoms with van der Waals surface area (Å²) in [7, 11) is 0. The molecule has 4 N–H and O–H groups in total. The SMILES string of the molecule is CC(CO)(CO)CO.CC1(CO)CSC1. The lowest BCUT2D eigenvalue weighted by Gasteiger charge is -2.35. The van der Waals surface area contributed by atoms with Gasteiger partial charge in [-0.15, -0.1) is 0 Å². The monoisotopic (exact) mass is 238 g/mol. The Bertz CT molecular complexity index is 153. The lowest BCUT2D eigenvalue weighted by molar-refractivity contribution is 0.0200. The second-order valence-electron chi connectivity index (χ2n) is 4.75. The van der Waals surface area contributed by atoms with E-state index in [-0.39, 0.29) is 25.2 Å². The van der Waals surface area contributed by atoms with Gasteiger partial charge in [-0.2, -0.15) is 11.8 Å². The molecule has 1 saturated heterocycles. The molecule has 0 radical (unpaired) electrons. The fourth-order valence-corrected chi connectivity index (χ4v) is 1.78. The second-order valence-corrected chi connectivity index (χ2v) is 5.73. The Morgan fingerprint density at radius 3 is 1.47 bits per heavy atom. The van der Waals surface area contributed by atoms with Crippen LogP contribution in [0.2, 0.25) is 0 Å². The van der Waals surface area contributed by atoms with Crippen molar-refractivity contribution < 1.29 is 20.4 Å². The number of thioether (sulfide) groups is 1. The molecule has 1 aliphatic rings. The molecule has 0 aromatic heterocycles. The standard InChI is InChI=1S/C5H12O3.C5H10OS/c1-5(2-6,3-7)4-8;1-5(2-6)3-7-4-5/h6-8H,2-4H2,1H3;6H,2-4H2,1H3. The van der Waals surface area contributed by atoms with Crippen LogP contribution in [0.3, 0.4) is 0 Å². The van der Waals surface area contributed by atoms with E-state index in [0.717, 1.165) is 11.5 Å². The first-order valence-corrected chi connectivity index (χ1v) is 6.12. The van der Waals surface area contributed by atoms with Crippen LogP contribution >= 0.6 is 11.8 Å². The van der Waals surface area contributed by atoms with Crippen molar-refractivity contribution in [3.63, 3.8) is 0 Å². The summed E-state index contributed by atoms with van der Waals surface area (Å²) >= 11 is 1.91. The largest absolute Gasteiger partial charge is 0.396 e. The van der Waals surface area contributed by atoms with Gasteiger partial charge in [0.2, 0.25) is 0 Å². The Morgan fingerprint density at radius 1 is 1.07 bits per heavy atom. The van der Waals surface area contributed by atoms with E-state index in [9.17, 15) is 0 Å². The first kappa shape index (κ1) is 15.2. The molecule has 0 aromatic carbocycles. The van der Waals surface area contributed by atoms with E-state index in [2.05, 4.69) is 6.92 Å². The molecule has 0 bridgehead atoms. The highest BCUT2D eigenvalue weighted by atomic mass is 32.2. The Labute approximate surface area is 95.3 Å². The third kappa shape index (κ3) is 5.17. The zero-order chi connectivity index (χ0) is 11.9. The fourth-order valence-electron chi connectivity index (χ4n) is 0.692. The number of aliphatic hydroxyl groups is 4. The third-order valence-corrected chi connectivity index (χ3v) is 4.23. The minimum absolute atomic E-state index is 0.181. The van der Waals surface area contributed by atoms with Crippen LogP contribution in [-0.2, 0) is 0 Å². The predicted molar refractivity (Wildman–Crippen MR) is 61.9 cm³/mol. The zero-order valence-electron chi connectivity index (χ0n) is 9.44. The maximum Gasteiger partial charge on any atom is 0.0528 e. The van der Waals surface area contributed by atoms with Crippen LogP contribution in [-0.4, -0.2) is 58.4 Å². The zero-order valence-corrected chi connectivity index (χ0v) is 10.3. The van der Waals surface area contributed by atoms with Gasteiger partial charge < -0.3 is 20.4 Å². The van der Waals surface area contributed by atoms with Crippen molar-refractivity contribution in [3.8, 4) is 0 Å². The van der Waals surface area contributed by atoms with Crippen LogP contribution < -0.4 is 0 Å². The molecule has 1 fully saturated rings. The first-order valence-electron chi connectivity index (χ1n) is 4.96. The maximum atomic E-state index is 8.63. The molecule has 0 atom stereocenters. The smallest absolute Gasteiger partial charge is 0.0528 e. The Hall–Kier alpha value is 0.190. The summed E-state index contributed by atoms with van der Waals surface area (Å²) in [5.74, 6) is 2.28. The van der Waals surface area contributed by atoms with Crippen LogP contribution in [0, 0.1) is 10.8 Å². The van der Waals surface area contributed by atoms with E-state index in [1.54, 1.807) is 6.92 Å². The van der Waals surface area contributed by atoms with Gasteiger partial charge in [-0.25, -0.2) is 0 Å². The van der Waals surface area contributed by atoms with Gasteiger partial charge in [0.05, 0.1) is 26.4 Å². The van der Waals surface area contributed by atoms with Crippen LogP contribution in [0.25, 0.3) is 0 Å². The number of aliphatic hydroxyl groups excluding tert-OH is 4. The van der Waals surface area contributed by atoms with E-state index in [4.69, 9.17) is 20.4 Å². The Balaban J connectivity index is 0.000000262. The molecule has 0 unspecified atom stereocenters. The molecule has 4 nitrogen and oxygen atoms in total. The highest BCUT2D eigenvalue weighted by Gasteiger charge is 2.31. The van der Waals surface area contributed by atoms with Crippen molar-refractivity contribution >= 4 is 11.8 Å². The van der Waals surface area contributed by atoms with E-state index in [1.807, 2.05) is 11.8 Å². The van der Waals surface area contributed by atoms with Crippen molar-refractivity contribution in [2.45, 2.75) is 13.8 Å². The molecule has 1 aliphatic heterocycles. The summed E-state index contributed by atoms with van der Waals surface area (Å²) in [5.41, 5.74) is -0.426. The van der Waals surface area contributed by atoms with Crippen LogP contribution in [0.1, 0.15) is 13.8 Å². The minimum atomic E-state index is -0.708. The van der Waals surface area contributed by atoms with Crippen molar-refractivity contribution in [2.24, 2.45) is 10.8 Å². The molecule has 0 spiro atoms. The quantitative estimate of drug-likeness (QED) is 0.541. The summed E-state index contributed by atoms with van der Waals surface area (Å²) in [4.78, 5) is 0. The summed E-state index contributed by atoms with van der Waals surface area (Å²) < 4.78 is 0. The van der Waals surface area contributed by atoms with Crippen LogP contribution in [0.15, 0.2) is 0 Å². The van der Waals surface area contributed by atoms with Gasteiger partial charge in [-0.1, -0.05) is 13.8 Å². The van der Waals surface area contributed by atoms with Gasteiger partial charge >= 0.3 is 0 Å². The molecule has 0 saturated carbocycles. The molecule has 1 rings (SSSR count). The van der Waals surface area contributed by atoms with E-state index in [0.29, 0.717) is 6.61 Å². The van der Waals surface area contributed by atoms with Crippen molar-refractivity contribution in [2.75, 3.05) is 37.9 Å². The molecule has 92 valence electrons. The predicted octanol–water partition coefficient (Wildman–Crippen LogP) is -0.299. The lowest BCUT2D eigenvalue weighted by Crippen LogP contribution is -2.35. The van der Waals surface area contributed by atoms with Gasteiger partial charge in [-0.05, 0) is 0 Å². The molecule has 5 heteroatoms. The minimum Gasteiger partial charge on any atom is -0.396 e. The van der Waals surface area contributed by atoms with Crippen molar-refractivity contribution in [3.05, 3.63) is 0 Å². The molecule has 15 heavy (non-hydrogen) atoms. The highest BCUT2D eigenvalue weighted by molar-refractivity contribution is 8.00. The summed E-state index contributed by atoms with van der Waals surface area (Å²) in [6, 6.07) is 0. The molecule has 0 aromatic rings. The molecular weight excluding hydrogens is 216 g/mol. The normalized spacial score (nSPS) is 18.8. The summed E-state index contributed by atoms with van der Waals surface area (Å²) in [6.45, 7) is 3.54. The highest BCUT2D eigenvalue weighted by Crippen LogP contribution is 2.36. The van der Waals surface area contributed by atoms with Crippen LogP contribution in [0.4, 0.5) is 0 Å². The molecule has 0 aliphatic carbocycles. The van der Waals surface area contributed by atoms with Crippen molar-refractivity contribution in [1.82, 2.24) is 0 Å². The number of rotatable bonds is 4. The lowest BCUT2D eigenvalue weighted by atomic mass is 9.95. The summed E-state index contributed by atoms with van der Waals surface area (Å²) in [6.07, 6.45) is 0. The van der Waals surface area contributed by atoms with Gasteiger partial charge in [0.1, 0.15) is 0 Å². The Kier molecular flexibility index (Phi) is 6.79. The average Bonchev–Trinajstić information content (AvgIpc) is 2.25. The van der Waals surface area contributed by atoms with Crippen LogP contribution in [0.5, 0.6) is 0 Å². The Morgan fingerprint density at radius 2 is 1.47 bits per heavy atom. The maximum absolute atomic E-state index is 8.63. The van der Waals surface area contributed by atoms with E-state index < -0.39 is 5.41 Å². The third-order valence-electron chi connectivity index (χ3n) is 2.43. The molecule has 0 amide bonds. The summed E-state index contributed by atoms with van der Waals surface area (Å²) in [5, 5.41) is 34.0. The van der Waals surface area contributed by atoms with Gasteiger partial charge in [0, 0.05) is 22.3 Å². The second kappa shape index (κ2) is 6.70. The van der Waals surface area contributed by atoms with E-state index in [1.165, 1.54) is 0 Å². The van der Waals surface area contributed by atoms with Gasteiger partial charge in [0.25, 0.3) is 0 Å². The molecular formula is C10H22O4S. The first-order chi connectivity index (χ1) is 6.95. The molecule has 1 heterocycles. The van der Waals surface area contributed by atoms with Gasteiger partial charge in [-0.3, -0.25) is 0 Å². The topological polar surface area (TPSA) is 80.9 Å². The fraction of sp³-hybridized carbons (Fsp3) is 1.00. The number of hydrogen-bond donors (Lipinski definition) is 4. The van der Waals surface area contributed by atoms with E-state index >= 15 is 0 Å².